The highest BCUT2D eigenvalue weighted by atomic mass is 16.5. The molecule has 0 aromatic rings. The molecule has 0 aliphatic carbocycles. The molecule has 0 aliphatic rings. The third kappa shape index (κ3) is 7.55. The van der Waals surface area contributed by atoms with Gasteiger partial charge in [-0.2, -0.15) is 0 Å². The van der Waals surface area contributed by atoms with Gasteiger partial charge in [-0.3, -0.25) is 0 Å². The van der Waals surface area contributed by atoms with E-state index >= 15 is 0 Å². The molecule has 0 aromatic heterocycles. The highest BCUT2D eigenvalue weighted by Gasteiger charge is 2.00. The second-order valence-electron chi connectivity index (χ2n) is 3.71. The minimum Gasteiger partial charge on any atom is -0.497 e. The van der Waals surface area contributed by atoms with Gasteiger partial charge in [0.25, 0.3) is 0 Å². The highest BCUT2D eigenvalue weighted by Crippen LogP contribution is 2.09. The molecule has 2 heteroatoms. The van der Waals surface area contributed by atoms with Gasteiger partial charge in [-0.25, -0.2) is 0 Å². The Kier molecular flexibility index (Phi) is 9.47. The molecule has 0 saturated carbocycles. The van der Waals surface area contributed by atoms with Crippen molar-refractivity contribution in [1.29, 1.82) is 0 Å². The topological polar surface area (TPSA) is 18.5 Å². The molecule has 0 bridgehead atoms. The number of methoxy groups -OCH3 is 1. The van der Waals surface area contributed by atoms with Gasteiger partial charge in [0.1, 0.15) is 17.6 Å². The van der Waals surface area contributed by atoms with Crippen LogP contribution in [0.15, 0.2) is 60.6 Å². The first-order valence-electron chi connectivity index (χ1n) is 6.16. The number of allylic oxidation sites excluding steroid dienone is 6. The maximum Gasteiger partial charge on any atom is 0.116 e. The number of hydrogen-bond donors (Lipinski definition) is 0. The third-order valence-corrected chi connectivity index (χ3v) is 2.19. The van der Waals surface area contributed by atoms with Crippen LogP contribution in [0.1, 0.15) is 27.2 Å². The van der Waals surface area contributed by atoms with Gasteiger partial charge in [0, 0.05) is 0 Å². The summed E-state index contributed by atoms with van der Waals surface area (Å²) in [6, 6.07) is 0. The molecular formula is C16H24O2. The van der Waals surface area contributed by atoms with E-state index in [0.29, 0.717) is 0 Å². The van der Waals surface area contributed by atoms with E-state index in [4.69, 9.17) is 9.47 Å². The molecule has 0 saturated heterocycles. The summed E-state index contributed by atoms with van der Waals surface area (Å²) in [5, 5.41) is 0. The summed E-state index contributed by atoms with van der Waals surface area (Å²) in [5.74, 6) is 1.68. The smallest absolute Gasteiger partial charge is 0.116 e. The van der Waals surface area contributed by atoms with Crippen molar-refractivity contribution in [3.8, 4) is 0 Å². The van der Waals surface area contributed by atoms with Gasteiger partial charge in [-0.15, -0.1) is 6.58 Å². The molecule has 0 rings (SSSR count). The lowest BCUT2D eigenvalue weighted by Gasteiger charge is -2.12. The van der Waals surface area contributed by atoms with E-state index < -0.39 is 0 Å². The molecule has 2 nitrogen and oxygen atoms in total. The van der Waals surface area contributed by atoms with Crippen LogP contribution in [0, 0.1) is 0 Å². The molecule has 0 aliphatic heterocycles. The SMILES string of the molecule is C=CC/C=C(\C=C/C)OC(C)/C=C\C(=C/C)OC. The predicted octanol–water partition coefficient (Wildman–Crippen LogP) is 4.53. The molecule has 0 N–H and O–H groups in total. The fourth-order valence-corrected chi connectivity index (χ4v) is 1.29. The maximum atomic E-state index is 5.79. The Morgan fingerprint density at radius 3 is 2.44 bits per heavy atom. The number of hydrogen-bond acceptors (Lipinski definition) is 2. The summed E-state index contributed by atoms with van der Waals surface area (Å²) in [5.41, 5.74) is 0. The van der Waals surface area contributed by atoms with Gasteiger partial charge in [-0.05, 0) is 57.6 Å². The van der Waals surface area contributed by atoms with Crippen LogP contribution in [0.5, 0.6) is 0 Å². The fraction of sp³-hybridized carbons (Fsp3) is 0.375. The van der Waals surface area contributed by atoms with Crippen molar-refractivity contribution < 1.29 is 9.47 Å². The van der Waals surface area contributed by atoms with Crippen LogP contribution in [0.2, 0.25) is 0 Å². The van der Waals surface area contributed by atoms with E-state index in [1.165, 1.54) is 0 Å². The molecule has 0 fully saturated rings. The van der Waals surface area contributed by atoms with E-state index in [0.717, 1.165) is 17.9 Å². The van der Waals surface area contributed by atoms with Crippen molar-refractivity contribution in [2.75, 3.05) is 7.11 Å². The van der Waals surface area contributed by atoms with Crippen LogP contribution in [-0.2, 0) is 9.47 Å². The molecule has 18 heavy (non-hydrogen) atoms. The standard InChI is InChI=1S/C16H24O2/c1-6-9-11-16(10-7-2)18-14(4)12-13-15(8-3)17-5/h6-8,10-14H,1,9H2,2-5H3/b10-7-,13-12-,15-8+,16-11+. The van der Waals surface area contributed by atoms with Gasteiger partial charge >= 0.3 is 0 Å². The van der Waals surface area contributed by atoms with Crippen molar-refractivity contribution in [2.45, 2.75) is 33.3 Å². The zero-order chi connectivity index (χ0) is 13.8. The van der Waals surface area contributed by atoms with Crippen molar-refractivity contribution in [3.63, 3.8) is 0 Å². The summed E-state index contributed by atoms with van der Waals surface area (Å²) >= 11 is 0. The lowest BCUT2D eigenvalue weighted by Crippen LogP contribution is -2.03. The van der Waals surface area contributed by atoms with Gasteiger partial charge in [0.15, 0.2) is 0 Å². The summed E-state index contributed by atoms with van der Waals surface area (Å²) < 4.78 is 10.9. The van der Waals surface area contributed by atoms with E-state index in [2.05, 4.69) is 6.58 Å². The molecular weight excluding hydrogens is 224 g/mol. The van der Waals surface area contributed by atoms with Crippen molar-refractivity contribution in [2.24, 2.45) is 0 Å². The van der Waals surface area contributed by atoms with Crippen molar-refractivity contribution >= 4 is 0 Å². The van der Waals surface area contributed by atoms with Crippen LogP contribution in [-0.4, -0.2) is 13.2 Å². The predicted molar refractivity (Wildman–Crippen MR) is 78.2 cm³/mol. The van der Waals surface area contributed by atoms with E-state index in [9.17, 15) is 0 Å². The molecule has 1 atom stereocenters. The molecule has 0 spiro atoms. The van der Waals surface area contributed by atoms with Crippen LogP contribution >= 0.6 is 0 Å². The molecule has 100 valence electrons. The number of ether oxygens (including phenoxy) is 2. The average Bonchev–Trinajstić information content (AvgIpc) is 2.37. The molecule has 0 heterocycles. The van der Waals surface area contributed by atoms with Gasteiger partial charge in [0.2, 0.25) is 0 Å². The summed E-state index contributed by atoms with van der Waals surface area (Å²) in [6.07, 6.45) is 14.3. The summed E-state index contributed by atoms with van der Waals surface area (Å²) in [6.45, 7) is 9.58. The summed E-state index contributed by atoms with van der Waals surface area (Å²) in [4.78, 5) is 0. The van der Waals surface area contributed by atoms with Crippen LogP contribution in [0.25, 0.3) is 0 Å². The van der Waals surface area contributed by atoms with Crippen LogP contribution in [0.4, 0.5) is 0 Å². The Bertz CT molecular complexity index is 346. The first kappa shape index (κ1) is 16.3. The zero-order valence-electron chi connectivity index (χ0n) is 11.8. The minimum absolute atomic E-state index is 0.0117. The Hall–Kier alpha value is -1.70. The Balaban J connectivity index is 4.51. The Morgan fingerprint density at radius 1 is 1.22 bits per heavy atom. The van der Waals surface area contributed by atoms with E-state index in [1.807, 2.05) is 63.3 Å². The molecule has 0 amide bonds. The average molecular weight is 248 g/mol. The molecule has 1 unspecified atom stereocenters. The van der Waals surface area contributed by atoms with Gasteiger partial charge in [-0.1, -0.05) is 12.2 Å². The van der Waals surface area contributed by atoms with Crippen molar-refractivity contribution in [3.05, 3.63) is 60.6 Å². The summed E-state index contributed by atoms with van der Waals surface area (Å²) in [7, 11) is 1.65. The Labute approximate surface area is 111 Å². The fourth-order valence-electron chi connectivity index (χ4n) is 1.29. The normalized spacial score (nSPS) is 15.1. The highest BCUT2D eigenvalue weighted by molar-refractivity contribution is 5.15. The second kappa shape index (κ2) is 10.5. The van der Waals surface area contributed by atoms with Crippen molar-refractivity contribution in [1.82, 2.24) is 0 Å². The largest absolute Gasteiger partial charge is 0.497 e. The number of rotatable bonds is 8. The van der Waals surface area contributed by atoms with E-state index in [-0.39, 0.29) is 6.10 Å². The molecule has 0 aromatic carbocycles. The quantitative estimate of drug-likeness (QED) is 0.357. The first-order chi connectivity index (χ1) is 8.67. The Morgan fingerprint density at radius 2 is 1.94 bits per heavy atom. The molecule has 0 radical (unpaired) electrons. The lowest BCUT2D eigenvalue weighted by atomic mass is 10.3. The minimum atomic E-state index is -0.0117. The van der Waals surface area contributed by atoms with Crippen LogP contribution in [0.3, 0.4) is 0 Å². The lowest BCUT2D eigenvalue weighted by molar-refractivity contribution is 0.179. The van der Waals surface area contributed by atoms with Crippen LogP contribution < -0.4 is 0 Å². The maximum absolute atomic E-state index is 5.79. The third-order valence-electron chi connectivity index (χ3n) is 2.19. The first-order valence-corrected chi connectivity index (χ1v) is 6.16. The van der Waals surface area contributed by atoms with Gasteiger partial charge in [0.05, 0.1) is 7.11 Å². The second-order valence-corrected chi connectivity index (χ2v) is 3.71. The van der Waals surface area contributed by atoms with Gasteiger partial charge < -0.3 is 9.47 Å². The zero-order valence-corrected chi connectivity index (χ0v) is 11.8. The monoisotopic (exact) mass is 248 g/mol. The van der Waals surface area contributed by atoms with E-state index in [1.54, 1.807) is 7.11 Å².